The third-order valence-corrected chi connectivity index (χ3v) is 5.99. The molecule has 5 aromatic rings. The van der Waals surface area contributed by atoms with Crippen LogP contribution in [-0.2, 0) is 11.2 Å². The van der Waals surface area contributed by atoms with Crippen LogP contribution in [0.25, 0.3) is 33.4 Å². The zero-order valence-electron chi connectivity index (χ0n) is 19.5. The van der Waals surface area contributed by atoms with Crippen molar-refractivity contribution >= 4 is 22.7 Å². The minimum atomic E-state index is -0.612. The van der Waals surface area contributed by atoms with Gasteiger partial charge in [0.2, 0.25) is 5.91 Å². The van der Waals surface area contributed by atoms with Crippen molar-refractivity contribution in [1.29, 1.82) is 0 Å². The number of rotatable bonds is 7. The lowest BCUT2D eigenvalue weighted by Gasteiger charge is -2.08. The molecule has 3 aromatic carbocycles. The van der Waals surface area contributed by atoms with Gasteiger partial charge in [-0.3, -0.25) is 14.6 Å². The van der Waals surface area contributed by atoms with Gasteiger partial charge in [0.05, 0.1) is 5.69 Å². The van der Waals surface area contributed by atoms with E-state index in [1.54, 1.807) is 30.3 Å². The molecule has 2 aromatic heterocycles. The van der Waals surface area contributed by atoms with E-state index < -0.39 is 11.7 Å². The van der Waals surface area contributed by atoms with E-state index in [2.05, 4.69) is 11.6 Å². The van der Waals surface area contributed by atoms with Crippen LogP contribution in [0.3, 0.4) is 0 Å². The van der Waals surface area contributed by atoms with Crippen molar-refractivity contribution in [2.45, 2.75) is 6.42 Å². The van der Waals surface area contributed by atoms with Crippen molar-refractivity contribution in [2.75, 3.05) is 0 Å². The molecule has 0 bridgehead atoms. The zero-order chi connectivity index (χ0) is 26.1. The molecule has 0 spiro atoms. The number of nitrogens with two attached hydrogens (primary N) is 1. The molecule has 5 nitrogen and oxygen atoms in total. The Labute approximate surface area is 210 Å². The van der Waals surface area contributed by atoms with Crippen molar-refractivity contribution in [3.63, 3.8) is 0 Å². The number of amides is 1. The number of benzene rings is 3. The minimum absolute atomic E-state index is 0.153. The highest BCUT2D eigenvalue weighted by Gasteiger charge is 2.16. The number of furan rings is 1. The standard InChI is InChI=1S/C30H20F2N2O3/c1-17(30(33)36)12-25-14-22-13-21(15-26(29(22)37-25)18-2-7-23(31)8-3-18)27-11-6-20(16-34-27)28(35)19-4-9-24(32)10-5-19/h2-11,13-16H,1,12H2,(H2,33,36). The number of hydrogen-bond donors (Lipinski definition) is 1. The van der Waals surface area contributed by atoms with E-state index in [4.69, 9.17) is 10.2 Å². The van der Waals surface area contributed by atoms with Gasteiger partial charge >= 0.3 is 0 Å². The van der Waals surface area contributed by atoms with Gasteiger partial charge in [-0.15, -0.1) is 0 Å². The summed E-state index contributed by atoms with van der Waals surface area (Å²) in [5, 5.41) is 0.748. The van der Waals surface area contributed by atoms with Gasteiger partial charge in [0.15, 0.2) is 5.78 Å². The molecule has 0 atom stereocenters. The molecule has 0 aliphatic carbocycles. The van der Waals surface area contributed by atoms with Crippen molar-refractivity contribution in [3.8, 4) is 22.4 Å². The molecule has 7 heteroatoms. The van der Waals surface area contributed by atoms with Crippen LogP contribution in [0.15, 0.2) is 102 Å². The van der Waals surface area contributed by atoms with Crippen LogP contribution in [0.1, 0.15) is 21.7 Å². The molecule has 0 fully saturated rings. The van der Waals surface area contributed by atoms with Crippen LogP contribution in [0.4, 0.5) is 8.78 Å². The van der Waals surface area contributed by atoms with Crippen LogP contribution >= 0.6 is 0 Å². The number of primary amides is 1. The lowest BCUT2D eigenvalue weighted by molar-refractivity contribution is -0.114. The van der Waals surface area contributed by atoms with Crippen LogP contribution in [-0.4, -0.2) is 16.7 Å². The number of nitrogens with zero attached hydrogens (tertiary/aromatic N) is 1. The van der Waals surface area contributed by atoms with E-state index in [9.17, 15) is 18.4 Å². The average molecular weight is 494 g/mol. The van der Waals surface area contributed by atoms with Crippen LogP contribution < -0.4 is 5.73 Å². The molecule has 0 aliphatic heterocycles. The molecule has 0 saturated heterocycles. The van der Waals surface area contributed by atoms with E-state index in [0.29, 0.717) is 33.7 Å². The molecule has 0 radical (unpaired) electrons. The maximum Gasteiger partial charge on any atom is 0.244 e. The monoisotopic (exact) mass is 494 g/mol. The number of fused-ring (bicyclic) bond motifs is 1. The second-order valence-electron chi connectivity index (χ2n) is 8.57. The normalized spacial score (nSPS) is 11.0. The summed E-state index contributed by atoms with van der Waals surface area (Å²) in [6.07, 6.45) is 1.63. The summed E-state index contributed by atoms with van der Waals surface area (Å²) >= 11 is 0. The molecule has 0 saturated carbocycles. The van der Waals surface area contributed by atoms with Gasteiger partial charge in [-0.05, 0) is 72.3 Å². The topological polar surface area (TPSA) is 86.2 Å². The molecule has 5 rings (SSSR count). The molecule has 182 valence electrons. The molecular formula is C30H20F2N2O3. The number of hydrogen-bond acceptors (Lipinski definition) is 4. The molecule has 0 aliphatic rings. The number of halogens is 2. The van der Waals surface area contributed by atoms with E-state index in [1.807, 2.05) is 12.1 Å². The summed E-state index contributed by atoms with van der Waals surface area (Å²) in [6.45, 7) is 3.69. The van der Waals surface area contributed by atoms with Crippen LogP contribution in [0, 0.1) is 11.6 Å². The largest absolute Gasteiger partial charge is 0.460 e. The Hall–Kier alpha value is -4.91. The van der Waals surface area contributed by atoms with Gasteiger partial charge in [0, 0.05) is 45.8 Å². The first-order valence-corrected chi connectivity index (χ1v) is 11.3. The van der Waals surface area contributed by atoms with Crippen molar-refractivity contribution < 1.29 is 22.8 Å². The summed E-state index contributed by atoms with van der Waals surface area (Å²) in [7, 11) is 0. The fourth-order valence-corrected chi connectivity index (χ4v) is 4.05. The van der Waals surface area contributed by atoms with Gasteiger partial charge in [0.1, 0.15) is 23.0 Å². The Balaban J connectivity index is 1.56. The van der Waals surface area contributed by atoms with Crippen LogP contribution in [0.5, 0.6) is 0 Å². The average Bonchev–Trinajstić information content (AvgIpc) is 3.31. The van der Waals surface area contributed by atoms with E-state index >= 15 is 0 Å². The highest BCUT2D eigenvalue weighted by molar-refractivity contribution is 6.09. The fraction of sp³-hybridized carbons (Fsp3) is 0.0333. The molecule has 1 amide bonds. The number of pyridine rings is 1. The predicted octanol–water partition coefficient (Wildman–Crippen LogP) is 6.26. The highest BCUT2D eigenvalue weighted by Crippen LogP contribution is 2.36. The van der Waals surface area contributed by atoms with E-state index in [0.717, 1.165) is 16.5 Å². The molecular weight excluding hydrogens is 474 g/mol. The van der Waals surface area contributed by atoms with E-state index in [1.165, 1.54) is 42.6 Å². The number of carbonyl (C=O) groups excluding carboxylic acids is 2. The molecule has 37 heavy (non-hydrogen) atoms. The summed E-state index contributed by atoms with van der Waals surface area (Å²) in [5.41, 5.74) is 9.61. The summed E-state index contributed by atoms with van der Waals surface area (Å²) in [6, 6.07) is 20.3. The molecule has 0 unspecified atom stereocenters. The maximum absolute atomic E-state index is 13.6. The lowest BCUT2D eigenvalue weighted by Crippen LogP contribution is -2.14. The van der Waals surface area contributed by atoms with E-state index in [-0.39, 0.29) is 23.6 Å². The Bertz CT molecular complexity index is 1650. The van der Waals surface area contributed by atoms with Crippen molar-refractivity contribution in [1.82, 2.24) is 4.98 Å². The number of carbonyl (C=O) groups is 2. The SMILES string of the molecule is C=C(Cc1cc2cc(-c3ccc(C(=O)c4ccc(F)cc4)cn3)cc(-c3ccc(F)cc3)c2o1)C(N)=O. The quantitative estimate of drug-likeness (QED) is 0.214. The first-order chi connectivity index (χ1) is 17.8. The Morgan fingerprint density at radius 2 is 1.49 bits per heavy atom. The predicted molar refractivity (Wildman–Crippen MR) is 137 cm³/mol. The molecule has 2 heterocycles. The summed E-state index contributed by atoms with van der Waals surface area (Å²) in [4.78, 5) is 28.7. The maximum atomic E-state index is 13.6. The van der Waals surface area contributed by atoms with Crippen molar-refractivity contribution in [2.24, 2.45) is 5.73 Å². The first-order valence-electron chi connectivity index (χ1n) is 11.3. The second kappa shape index (κ2) is 9.62. The Kier molecular flexibility index (Phi) is 6.19. The smallest absolute Gasteiger partial charge is 0.244 e. The fourth-order valence-electron chi connectivity index (χ4n) is 4.05. The number of aromatic nitrogens is 1. The number of ketones is 1. The minimum Gasteiger partial charge on any atom is -0.460 e. The van der Waals surface area contributed by atoms with Crippen LogP contribution in [0.2, 0.25) is 0 Å². The van der Waals surface area contributed by atoms with Crippen molar-refractivity contribution in [3.05, 3.63) is 126 Å². The zero-order valence-corrected chi connectivity index (χ0v) is 19.5. The van der Waals surface area contributed by atoms with Gasteiger partial charge in [-0.1, -0.05) is 18.7 Å². The third kappa shape index (κ3) is 4.92. The summed E-state index contributed by atoms with van der Waals surface area (Å²) < 4.78 is 32.9. The molecule has 2 N–H and O–H groups in total. The second-order valence-corrected chi connectivity index (χ2v) is 8.57. The Morgan fingerprint density at radius 3 is 2.11 bits per heavy atom. The Morgan fingerprint density at radius 1 is 0.838 bits per heavy atom. The summed E-state index contributed by atoms with van der Waals surface area (Å²) in [5.74, 6) is -1.15. The third-order valence-electron chi connectivity index (χ3n) is 5.99. The highest BCUT2D eigenvalue weighted by atomic mass is 19.1. The van der Waals surface area contributed by atoms with Gasteiger partial charge in [0.25, 0.3) is 0 Å². The lowest BCUT2D eigenvalue weighted by atomic mass is 9.98. The van der Waals surface area contributed by atoms with Gasteiger partial charge in [-0.2, -0.15) is 0 Å². The van der Waals surface area contributed by atoms with Gasteiger partial charge < -0.3 is 10.2 Å². The first kappa shape index (κ1) is 23.8. The van der Waals surface area contributed by atoms with Gasteiger partial charge in [-0.25, -0.2) is 8.78 Å².